The number of nitrogens with one attached hydrogen (secondary N) is 2. The van der Waals surface area contributed by atoms with Crippen molar-refractivity contribution >= 4 is 23.3 Å². The molecule has 2 amide bonds. The van der Waals surface area contributed by atoms with E-state index < -0.39 is 5.91 Å². The topological polar surface area (TPSA) is 106 Å². The molecule has 164 valence electrons. The van der Waals surface area contributed by atoms with Crippen LogP contribution in [0.2, 0.25) is 0 Å². The molecule has 1 aliphatic heterocycles. The van der Waals surface area contributed by atoms with Gasteiger partial charge in [0, 0.05) is 47.3 Å². The van der Waals surface area contributed by atoms with Gasteiger partial charge >= 0.3 is 0 Å². The van der Waals surface area contributed by atoms with Crippen molar-refractivity contribution in [2.24, 2.45) is 11.1 Å². The molecule has 0 saturated carbocycles. The quantitative estimate of drug-likeness (QED) is 0.657. The molecule has 1 aromatic carbocycles. The number of Topliss-reactive ketones (excluding diaryl/α,β-unsaturated/α-hetero) is 1. The SMILES string of the molecule is Cc1c2c(n3c1CC(=O)NCC[C@H](C)Nc1cc-3ccc1C(N)=O)CC(C)(C)CC2=O. The summed E-state index contributed by atoms with van der Waals surface area (Å²) < 4.78 is 2.05. The van der Waals surface area contributed by atoms with E-state index in [0.717, 1.165) is 34.6 Å². The van der Waals surface area contributed by atoms with Gasteiger partial charge in [-0.05, 0) is 55.9 Å². The maximum absolute atomic E-state index is 13.1. The first-order chi connectivity index (χ1) is 14.6. The zero-order valence-electron chi connectivity index (χ0n) is 18.6. The second-order valence-corrected chi connectivity index (χ2v) is 9.62. The minimum Gasteiger partial charge on any atom is -0.382 e. The Balaban J connectivity index is 1.99. The summed E-state index contributed by atoms with van der Waals surface area (Å²) >= 11 is 0. The number of rotatable bonds is 1. The van der Waals surface area contributed by atoms with Crippen LogP contribution in [0, 0.1) is 12.3 Å². The molecular weight excluding hydrogens is 392 g/mol. The van der Waals surface area contributed by atoms with Gasteiger partial charge < -0.3 is 20.9 Å². The van der Waals surface area contributed by atoms with Crippen LogP contribution in [0.1, 0.15) is 71.3 Å². The van der Waals surface area contributed by atoms with Crippen LogP contribution in [-0.2, 0) is 17.6 Å². The van der Waals surface area contributed by atoms with Gasteiger partial charge in [0.2, 0.25) is 5.91 Å². The molecule has 0 unspecified atom stereocenters. The predicted molar refractivity (Wildman–Crippen MR) is 120 cm³/mol. The van der Waals surface area contributed by atoms with E-state index in [0.29, 0.717) is 30.6 Å². The highest BCUT2D eigenvalue weighted by Crippen LogP contribution is 2.40. The van der Waals surface area contributed by atoms with Gasteiger partial charge in [0.25, 0.3) is 5.91 Å². The number of aromatic nitrogens is 1. The van der Waals surface area contributed by atoms with Gasteiger partial charge in [-0.15, -0.1) is 0 Å². The average Bonchev–Trinajstić information content (AvgIpc) is 2.91. The summed E-state index contributed by atoms with van der Waals surface area (Å²) in [4.78, 5) is 37.8. The van der Waals surface area contributed by atoms with E-state index in [4.69, 9.17) is 5.73 Å². The van der Waals surface area contributed by atoms with Gasteiger partial charge in [-0.3, -0.25) is 14.4 Å². The smallest absolute Gasteiger partial charge is 0.250 e. The number of anilines is 1. The van der Waals surface area contributed by atoms with Gasteiger partial charge in [-0.1, -0.05) is 13.8 Å². The van der Waals surface area contributed by atoms with Crippen LogP contribution in [0.3, 0.4) is 0 Å². The second kappa shape index (κ2) is 7.55. The zero-order chi connectivity index (χ0) is 22.5. The molecule has 31 heavy (non-hydrogen) atoms. The average molecular weight is 423 g/mol. The third kappa shape index (κ3) is 3.84. The Morgan fingerprint density at radius 2 is 1.94 bits per heavy atom. The maximum Gasteiger partial charge on any atom is 0.250 e. The molecule has 0 saturated heterocycles. The van der Waals surface area contributed by atoms with Crippen LogP contribution >= 0.6 is 0 Å². The first-order valence-corrected chi connectivity index (χ1v) is 10.8. The van der Waals surface area contributed by atoms with Crippen LogP contribution in [-0.4, -0.2) is 34.8 Å². The van der Waals surface area contributed by atoms with Crippen molar-refractivity contribution in [3.63, 3.8) is 0 Å². The number of hydrogen-bond donors (Lipinski definition) is 3. The van der Waals surface area contributed by atoms with Gasteiger partial charge in [0.1, 0.15) is 0 Å². The molecular formula is C24H30N4O3. The Bertz CT molecular complexity index is 1100. The Labute approximate surface area is 182 Å². The molecule has 1 atom stereocenters. The molecule has 2 heterocycles. The molecule has 2 aliphatic rings. The van der Waals surface area contributed by atoms with E-state index in [2.05, 4.69) is 24.5 Å². The number of carbonyl (C=O) groups excluding carboxylic acids is 3. The molecule has 0 spiro atoms. The number of fused-ring (bicyclic) bond motifs is 6. The monoisotopic (exact) mass is 422 g/mol. The normalized spacial score (nSPS) is 20.5. The van der Waals surface area contributed by atoms with E-state index in [9.17, 15) is 14.4 Å². The summed E-state index contributed by atoms with van der Waals surface area (Å²) in [7, 11) is 0. The summed E-state index contributed by atoms with van der Waals surface area (Å²) in [5.74, 6) is -0.439. The third-order valence-corrected chi connectivity index (χ3v) is 6.36. The van der Waals surface area contributed by atoms with Gasteiger partial charge in [-0.25, -0.2) is 0 Å². The summed E-state index contributed by atoms with van der Waals surface area (Å²) in [5, 5.41) is 6.36. The summed E-state index contributed by atoms with van der Waals surface area (Å²) in [6.07, 6.45) is 2.12. The van der Waals surface area contributed by atoms with Crippen molar-refractivity contribution in [1.82, 2.24) is 9.88 Å². The minimum absolute atomic E-state index is 0.0355. The van der Waals surface area contributed by atoms with Gasteiger partial charge in [-0.2, -0.15) is 0 Å². The fraction of sp³-hybridized carbons (Fsp3) is 0.458. The molecule has 2 bridgehead atoms. The largest absolute Gasteiger partial charge is 0.382 e. The number of primary amides is 1. The molecule has 7 heteroatoms. The number of ketones is 1. The van der Waals surface area contributed by atoms with Crippen molar-refractivity contribution in [3.05, 3.63) is 46.3 Å². The fourth-order valence-electron chi connectivity index (χ4n) is 4.89. The summed E-state index contributed by atoms with van der Waals surface area (Å²) in [5.41, 5.74) is 10.7. The van der Waals surface area contributed by atoms with Crippen LogP contribution < -0.4 is 16.4 Å². The first-order valence-electron chi connectivity index (χ1n) is 10.8. The van der Waals surface area contributed by atoms with E-state index in [1.165, 1.54) is 0 Å². The molecule has 1 aromatic heterocycles. The van der Waals surface area contributed by atoms with Crippen LogP contribution in [0.25, 0.3) is 5.69 Å². The van der Waals surface area contributed by atoms with E-state index in [1.807, 2.05) is 30.5 Å². The van der Waals surface area contributed by atoms with Gasteiger partial charge in [0.15, 0.2) is 5.78 Å². The lowest BCUT2D eigenvalue weighted by Gasteiger charge is -2.30. The lowest BCUT2D eigenvalue weighted by molar-refractivity contribution is -0.120. The molecule has 0 fully saturated rings. The molecule has 1 aliphatic carbocycles. The highest BCUT2D eigenvalue weighted by atomic mass is 16.2. The van der Waals surface area contributed by atoms with E-state index >= 15 is 0 Å². The minimum atomic E-state index is -0.496. The lowest BCUT2D eigenvalue weighted by atomic mass is 9.75. The lowest BCUT2D eigenvalue weighted by Crippen LogP contribution is -2.31. The van der Waals surface area contributed by atoms with Crippen molar-refractivity contribution in [2.75, 3.05) is 11.9 Å². The standard InChI is InChI=1S/C24H30N4O3/c1-13-7-8-26-21(30)10-18-14(2)22-19(11-24(3,4)12-20(22)29)28(18)15-5-6-16(23(25)31)17(9-15)27-13/h5-6,9,13,27H,7-8,10-12H2,1-4H3,(H2,25,31)(H,26,30)/t13-/m0/s1. The second-order valence-electron chi connectivity index (χ2n) is 9.62. The molecule has 2 aromatic rings. The van der Waals surface area contributed by atoms with Crippen LogP contribution in [0.15, 0.2) is 18.2 Å². The van der Waals surface area contributed by atoms with Crippen molar-refractivity contribution in [1.29, 1.82) is 0 Å². The highest BCUT2D eigenvalue weighted by molar-refractivity contribution is 6.01. The molecule has 0 radical (unpaired) electrons. The first kappa shape index (κ1) is 21.2. The number of amides is 2. The predicted octanol–water partition coefficient (Wildman–Crippen LogP) is 2.90. The number of nitrogens with two attached hydrogens (primary N) is 1. The van der Waals surface area contributed by atoms with Crippen molar-refractivity contribution in [2.45, 2.75) is 59.4 Å². The Morgan fingerprint density at radius 1 is 1.19 bits per heavy atom. The van der Waals surface area contributed by atoms with E-state index in [1.54, 1.807) is 6.07 Å². The fourth-order valence-corrected chi connectivity index (χ4v) is 4.89. The number of benzene rings is 1. The third-order valence-electron chi connectivity index (χ3n) is 6.36. The Morgan fingerprint density at radius 3 is 2.65 bits per heavy atom. The molecule has 7 nitrogen and oxygen atoms in total. The highest BCUT2D eigenvalue weighted by Gasteiger charge is 2.37. The number of nitrogens with zero attached hydrogens (tertiary/aromatic N) is 1. The Kier molecular flexibility index (Phi) is 5.15. The van der Waals surface area contributed by atoms with Crippen LogP contribution in [0.4, 0.5) is 5.69 Å². The zero-order valence-corrected chi connectivity index (χ0v) is 18.6. The van der Waals surface area contributed by atoms with Crippen LogP contribution in [0.5, 0.6) is 0 Å². The maximum atomic E-state index is 13.1. The molecule has 4 rings (SSSR count). The van der Waals surface area contributed by atoms with Gasteiger partial charge in [0.05, 0.1) is 12.0 Å². The Hall–Kier alpha value is -3.09. The van der Waals surface area contributed by atoms with Crippen molar-refractivity contribution in [3.8, 4) is 5.69 Å². The van der Waals surface area contributed by atoms with E-state index in [-0.39, 0.29) is 29.6 Å². The number of carbonyl (C=O) groups is 3. The number of hydrogen-bond acceptors (Lipinski definition) is 4. The molecule has 4 N–H and O–H groups in total. The van der Waals surface area contributed by atoms with Crippen molar-refractivity contribution < 1.29 is 14.4 Å². The summed E-state index contributed by atoms with van der Waals surface area (Å²) in [6.45, 7) is 8.64. The summed E-state index contributed by atoms with van der Waals surface area (Å²) in [6, 6.07) is 5.51.